The molecular formula is C20H30N2O. The van der Waals surface area contributed by atoms with E-state index in [9.17, 15) is 4.79 Å². The van der Waals surface area contributed by atoms with E-state index in [0.29, 0.717) is 5.91 Å². The Hall–Kier alpha value is -1.35. The minimum Gasteiger partial charge on any atom is -0.342 e. The third-order valence-corrected chi connectivity index (χ3v) is 5.53. The Kier molecular flexibility index (Phi) is 5.71. The largest absolute Gasteiger partial charge is 0.342 e. The highest BCUT2D eigenvalue weighted by Gasteiger charge is 2.28. The topological polar surface area (TPSA) is 32.3 Å². The number of likely N-dealkylation sites (tertiary alicyclic amines) is 1. The van der Waals surface area contributed by atoms with Gasteiger partial charge in [-0.25, -0.2) is 0 Å². The van der Waals surface area contributed by atoms with E-state index in [1.165, 1.54) is 36.8 Å². The second-order valence-electron chi connectivity index (χ2n) is 7.34. The number of amides is 1. The van der Waals surface area contributed by atoms with Crippen molar-refractivity contribution in [1.82, 2.24) is 10.2 Å². The second-order valence-corrected chi connectivity index (χ2v) is 7.34. The summed E-state index contributed by atoms with van der Waals surface area (Å²) in [7, 11) is 0. The van der Waals surface area contributed by atoms with Crippen molar-refractivity contribution < 1.29 is 4.79 Å². The summed E-state index contributed by atoms with van der Waals surface area (Å²) in [5.74, 6) is 1.41. The SMILES string of the molecule is Cc1ccc(CCC2CCN(C(=O)C3CCCNC3)CC2)cc1. The molecule has 126 valence electrons. The average molecular weight is 314 g/mol. The first-order valence-corrected chi connectivity index (χ1v) is 9.27. The van der Waals surface area contributed by atoms with Crippen molar-refractivity contribution in [2.75, 3.05) is 26.2 Å². The normalized spacial score (nSPS) is 23.0. The Morgan fingerprint density at radius 1 is 1.17 bits per heavy atom. The van der Waals surface area contributed by atoms with Gasteiger partial charge in [-0.05, 0) is 63.5 Å². The van der Waals surface area contributed by atoms with Crippen molar-refractivity contribution in [2.45, 2.75) is 45.4 Å². The molecule has 1 atom stereocenters. The first kappa shape index (κ1) is 16.5. The maximum Gasteiger partial charge on any atom is 0.226 e. The van der Waals surface area contributed by atoms with Crippen LogP contribution in [-0.2, 0) is 11.2 Å². The molecule has 1 unspecified atom stereocenters. The van der Waals surface area contributed by atoms with Crippen molar-refractivity contribution in [1.29, 1.82) is 0 Å². The number of piperidine rings is 2. The van der Waals surface area contributed by atoms with E-state index in [0.717, 1.165) is 44.9 Å². The van der Waals surface area contributed by atoms with Gasteiger partial charge in [-0.15, -0.1) is 0 Å². The molecule has 2 aliphatic rings. The highest BCUT2D eigenvalue weighted by molar-refractivity contribution is 5.79. The minimum absolute atomic E-state index is 0.229. The molecule has 3 nitrogen and oxygen atoms in total. The smallest absolute Gasteiger partial charge is 0.226 e. The van der Waals surface area contributed by atoms with Crippen LogP contribution in [0.25, 0.3) is 0 Å². The summed E-state index contributed by atoms with van der Waals surface area (Å²) in [5, 5.41) is 3.36. The zero-order valence-corrected chi connectivity index (χ0v) is 14.4. The summed E-state index contributed by atoms with van der Waals surface area (Å²) >= 11 is 0. The lowest BCUT2D eigenvalue weighted by atomic mass is 9.89. The van der Waals surface area contributed by atoms with E-state index in [4.69, 9.17) is 0 Å². The van der Waals surface area contributed by atoms with Gasteiger partial charge in [0.25, 0.3) is 0 Å². The van der Waals surface area contributed by atoms with E-state index in [2.05, 4.69) is 41.4 Å². The molecule has 0 bridgehead atoms. The molecule has 0 aromatic heterocycles. The fourth-order valence-corrected chi connectivity index (χ4v) is 3.89. The predicted molar refractivity (Wildman–Crippen MR) is 94.4 cm³/mol. The molecule has 23 heavy (non-hydrogen) atoms. The van der Waals surface area contributed by atoms with Crippen molar-refractivity contribution in [3.63, 3.8) is 0 Å². The van der Waals surface area contributed by atoms with Crippen LogP contribution in [0.4, 0.5) is 0 Å². The maximum absolute atomic E-state index is 12.6. The van der Waals surface area contributed by atoms with Gasteiger partial charge < -0.3 is 10.2 Å². The van der Waals surface area contributed by atoms with E-state index in [1.54, 1.807) is 0 Å². The zero-order valence-electron chi connectivity index (χ0n) is 14.4. The molecule has 3 rings (SSSR count). The first-order chi connectivity index (χ1) is 11.2. The Bertz CT molecular complexity index is 497. The van der Waals surface area contributed by atoms with Crippen LogP contribution in [0, 0.1) is 18.8 Å². The average Bonchev–Trinajstić information content (AvgIpc) is 2.62. The van der Waals surface area contributed by atoms with Gasteiger partial charge in [0.15, 0.2) is 0 Å². The van der Waals surface area contributed by atoms with Crippen molar-refractivity contribution >= 4 is 5.91 Å². The second kappa shape index (κ2) is 7.96. The monoisotopic (exact) mass is 314 g/mol. The molecule has 0 aliphatic carbocycles. The molecule has 2 aliphatic heterocycles. The quantitative estimate of drug-likeness (QED) is 0.926. The zero-order chi connectivity index (χ0) is 16.1. The number of nitrogens with zero attached hydrogens (tertiary/aromatic N) is 1. The molecule has 1 amide bonds. The van der Waals surface area contributed by atoms with E-state index in [-0.39, 0.29) is 5.92 Å². The van der Waals surface area contributed by atoms with Gasteiger partial charge in [0.2, 0.25) is 5.91 Å². The van der Waals surface area contributed by atoms with Crippen LogP contribution in [0.1, 0.15) is 43.2 Å². The summed E-state index contributed by atoms with van der Waals surface area (Å²) in [6, 6.07) is 8.91. The van der Waals surface area contributed by atoms with Crippen LogP contribution < -0.4 is 5.32 Å². The molecule has 2 saturated heterocycles. The molecule has 2 heterocycles. The van der Waals surface area contributed by atoms with Crippen molar-refractivity contribution in [2.24, 2.45) is 11.8 Å². The Labute approximate surface area is 140 Å². The van der Waals surface area contributed by atoms with E-state index in [1.807, 2.05) is 0 Å². The van der Waals surface area contributed by atoms with Gasteiger partial charge in [0, 0.05) is 19.6 Å². The van der Waals surface area contributed by atoms with E-state index >= 15 is 0 Å². The van der Waals surface area contributed by atoms with Crippen LogP contribution in [0.15, 0.2) is 24.3 Å². The maximum atomic E-state index is 12.6. The molecule has 3 heteroatoms. The van der Waals surface area contributed by atoms with Crippen LogP contribution in [0.2, 0.25) is 0 Å². The van der Waals surface area contributed by atoms with Crippen LogP contribution in [0.3, 0.4) is 0 Å². The lowest BCUT2D eigenvalue weighted by Crippen LogP contribution is -2.46. The number of nitrogens with one attached hydrogen (secondary N) is 1. The van der Waals surface area contributed by atoms with Gasteiger partial charge >= 0.3 is 0 Å². The van der Waals surface area contributed by atoms with Crippen molar-refractivity contribution in [3.05, 3.63) is 35.4 Å². The third kappa shape index (κ3) is 4.57. The molecular weight excluding hydrogens is 284 g/mol. The van der Waals surface area contributed by atoms with Gasteiger partial charge in [0.05, 0.1) is 5.92 Å². The Morgan fingerprint density at radius 3 is 2.57 bits per heavy atom. The lowest BCUT2D eigenvalue weighted by molar-refractivity contribution is -0.137. The predicted octanol–water partition coefficient (Wildman–Crippen LogP) is 3.17. The Balaban J connectivity index is 1.41. The lowest BCUT2D eigenvalue weighted by Gasteiger charge is -2.35. The van der Waals surface area contributed by atoms with E-state index < -0.39 is 0 Å². The van der Waals surface area contributed by atoms with Crippen molar-refractivity contribution in [3.8, 4) is 0 Å². The summed E-state index contributed by atoms with van der Waals surface area (Å²) in [6.45, 7) is 6.02. The highest BCUT2D eigenvalue weighted by atomic mass is 16.2. The number of hydrogen-bond donors (Lipinski definition) is 1. The molecule has 0 saturated carbocycles. The summed E-state index contributed by atoms with van der Waals surface area (Å²) in [5.41, 5.74) is 2.78. The molecule has 1 N–H and O–H groups in total. The number of aryl methyl sites for hydroxylation is 2. The third-order valence-electron chi connectivity index (χ3n) is 5.53. The summed E-state index contributed by atoms with van der Waals surface area (Å²) < 4.78 is 0. The fraction of sp³-hybridized carbons (Fsp3) is 0.650. The van der Waals surface area contributed by atoms with Crippen LogP contribution in [-0.4, -0.2) is 37.0 Å². The molecule has 0 spiro atoms. The first-order valence-electron chi connectivity index (χ1n) is 9.27. The highest BCUT2D eigenvalue weighted by Crippen LogP contribution is 2.24. The van der Waals surface area contributed by atoms with Crippen LogP contribution >= 0.6 is 0 Å². The van der Waals surface area contributed by atoms with Gasteiger partial charge in [-0.2, -0.15) is 0 Å². The molecule has 1 aromatic carbocycles. The summed E-state index contributed by atoms with van der Waals surface area (Å²) in [6.07, 6.45) is 7.00. The fourth-order valence-electron chi connectivity index (χ4n) is 3.89. The van der Waals surface area contributed by atoms with Gasteiger partial charge in [-0.1, -0.05) is 29.8 Å². The molecule has 1 aromatic rings. The number of benzene rings is 1. The summed E-state index contributed by atoms with van der Waals surface area (Å²) in [4.78, 5) is 14.7. The Morgan fingerprint density at radius 2 is 1.91 bits per heavy atom. The number of rotatable bonds is 4. The minimum atomic E-state index is 0.229. The standard InChI is InChI=1S/C20H30N2O/c1-16-4-6-17(7-5-16)8-9-18-10-13-22(14-11-18)20(23)19-3-2-12-21-15-19/h4-7,18-19,21H,2-3,8-15H2,1H3. The molecule has 2 fully saturated rings. The molecule has 0 radical (unpaired) electrons. The number of carbonyl (C=O) groups is 1. The number of hydrogen-bond acceptors (Lipinski definition) is 2. The van der Waals surface area contributed by atoms with Crippen LogP contribution in [0.5, 0.6) is 0 Å². The number of carbonyl (C=O) groups excluding carboxylic acids is 1. The van der Waals surface area contributed by atoms with Gasteiger partial charge in [-0.3, -0.25) is 4.79 Å². The van der Waals surface area contributed by atoms with Gasteiger partial charge in [0.1, 0.15) is 0 Å².